The van der Waals surface area contributed by atoms with E-state index < -0.39 is 0 Å². The highest BCUT2D eigenvalue weighted by molar-refractivity contribution is 5.77. The summed E-state index contributed by atoms with van der Waals surface area (Å²) in [6.07, 6.45) is 0. The Bertz CT molecular complexity index is 591. The fourth-order valence-electron chi connectivity index (χ4n) is 2.95. The number of hydrogen-bond donors (Lipinski definition) is 2. The topological polar surface area (TPSA) is 45.7 Å². The quantitative estimate of drug-likeness (QED) is 0.809. The molecule has 0 aliphatic heterocycles. The van der Waals surface area contributed by atoms with Crippen molar-refractivity contribution in [3.63, 3.8) is 0 Å². The number of nitrogens with two attached hydrogens (primary N) is 1. The third-order valence-corrected chi connectivity index (χ3v) is 3.80. The van der Waals surface area contributed by atoms with Gasteiger partial charge in [0.15, 0.2) is 0 Å². The molecule has 0 bridgehead atoms. The maximum atomic E-state index is 10.9. The summed E-state index contributed by atoms with van der Waals surface area (Å²) in [4.78, 5) is 10.9. The summed E-state index contributed by atoms with van der Waals surface area (Å²) in [6.45, 7) is 3.14. The third-order valence-electron chi connectivity index (χ3n) is 3.80. The summed E-state index contributed by atoms with van der Waals surface area (Å²) in [5, 5.41) is 5.15. The number of quaternary nitrogens is 1. The van der Waals surface area contributed by atoms with Crippen molar-refractivity contribution in [2.45, 2.75) is 13.0 Å². The first-order chi connectivity index (χ1) is 9.77. The Balaban J connectivity index is 1.82. The van der Waals surface area contributed by atoms with E-state index in [9.17, 15) is 4.79 Å². The number of carbonyl (C=O) groups excluding carboxylic acids is 1. The van der Waals surface area contributed by atoms with Gasteiger partial charge in [0.25, 0.3) is 0 Å². The van der Waals surface area contributed by atoms with Crippen LogP contribution in [-0.2, 0) is 4.79 Å². The van der Waals surface area contributed by atoms with Crippen molar-refractivity contribution in [2.24, 2.45) is 0 Å². The van der Waals surface area contributed by atoms with Gasteiger partial charge >= 0.3 is 0 Å². The van der Waals surface area contributed by atoms with E-state index in [1.165, 1.54) is 22.3 Å². The van der Waals surface area contributed by atoms with Crippen LogP contribution in [0.1, 0.15) is 24.1 Å². The zero-order valence-corrected chi connectivity index (χ0v) is 11.6. The molecule has 102 valence electrons. The first kappa shape index (κ1) is 12.9. The van der Waals surface area contributed by atoms with Crippen LogP contribution >= 0.6 is 0 Å². The Morgan fingerprint density at radius 1 is 1.05 bits per heavy atom. The van der Waals surface area contributed by atoms with E-state index in [1.54, 1.807) is 6.92 Å². The second-order valence-corrected chi connectivity index (χ2v) is 5.16. The Hall–Kier alpha value is -2.13. The molecular formula is C17H19N2O+. The molecule has 2 aromatic carbocycles. The van der Waals surface area contributed by atoms with Gasteiger partial charge in [0, 0.05) is 18.1 Å². The standard InChI is InChI=1S/C17H18N2O/c1-12(20)18-10-11-19-17-15-8-4-2-6-13(15)14-7-3-5-9-16(14)17/h2-9,17,19H,10-11H2,1H3,(H,18,20)/p+1. The molecule has 20 heavy (non-hydrogen) atoms. The van der Waals surface area contributed by atoms with Gasteiger partial charge in [-0.3, -0.25) is 4.79 Å². The van der Waals surface area contributed by atoms with Gasteiger partial charge in [0.1, 0.15) is 6.04 Å². The predicted molar refractivity (Wildman–Crippen MR) is 79.2 cm³/mol. The Kier molecular flexibility index (Phi) is 3.52. The number of benzene rings is 2. The lowest BCUT2D eigenvalue weighted by molar-refractivity contribution is -0.684. The zero-order valence-electron chi connectivity index (χ0n) is 11.6. The highest BCUT2D eigenvalue weighted by Crippen LogP contribution is 2.40. The molecule has 0 saturated carbocycles. The molecule has 1 aliphatic carbocycles. The maximum absolute atomic E-state index is 10.9. The number of hydrogen-bond acceptors (Lipinski definition) is 1. The van der Waals surface area contributed by atoms with Crippen LogP contribution in [0.5, 0.6) is 0 Å². The van der Waals surface area contributed by atoms with Crippen molar-refractivity contribution in [3.8, 4) is 11.1 Å². The minimum Gasteiger partial charge on any atom is -0.351 e. The summed E-state index contributed by atoms with van der Waals surface area (Å²) >= 11 is 0. The summed E-state index contributed by atoms with van der Waals surface area (Å²) in [5.41, 5.74) is 5.42. The zero-order chi connectivity index (χ0) is 13.9. The largest absolute Gasteiger partial charge is 0.351 e. The van der Waals surface area contributed by atoms with Crippen LogP contribution in [0.25, 0.3) is 11.1 Å². The third kappa shape index (κ3) is 2.32. The summed E-state index contributed by atoms with van der Waals surface area (Å²) in [5.74, 6) is 0.0330. The first-order valence-electron chi connectivity index (χ1n) is 7.03. The second-order valence-electron chi connectivity index (χ2n) is 5.16. The molecule has 3 rings (SSSR count). The molecule has 3 heteroatoms. The Morgan fingerprint density at radius 3 is 2.15 bits per heavy atom. The van der Waals surface area contributed by atoms with Gasteiger partial charge in [-0.2, -0.15) is 0 Å². The molecule has 0 aromatic heterocycles. The molecule has 1 aliphatic rings. The molecule has 3 nitrogen and oxygen atoms in total. The first-order valence-corrected chi connectivity index (χ1v) is 7.03. The van der Waals surface area contributed by atoms with E-state index in [0.29, 0.717) is 12.6 Å². The van der Waals surface area contributed by atoms with E-state index in [0.717, 1.165) is 6.54 Å². The number of fused-ring (bicyclic) bond motifs is 3. The van der Waals surface area contributed by atoms with Crippen molar-refractivity contribution in [2.75, 3.05) is 13.1 Å². The average molecular weight is 267 g/mol. The van der Waals surface area contributed by atoms with Crippen LogP contribution in [0.15, 0.2) is 48.5 Å². The van der Waals surface area contributed by atoms with Gasteiger partial charge in [-0.25, -0.2) is 0 Å². The van der Waals surface area contributed by atoms with Crippen LogP contribution < -0.4 is 10.6 Å². The van der Waals surface area contributed by atoms with Crippen LogP contribution in [0.4, 0.5) is 0 Å². The lowest BCUT2D eigenvalue weighted by Crippen LogP contribution is -2.86. The molecule has 0 unspecified atom stereocenters. The van der Waals surface area contributed by atoms with Gasteiger partial charge in [-0.1, -0.05) is 48.5 Å². The van der Waals surface area contributed by atoms with Crippen molar-refractivity contribution < 1.29 is 10.1 Å². The van der Waals surface area contributed by atoms with Gasteiger partial charge < -0.3 is 10.6 Å². The monoisotopic (exact) mass is 267 g/mol. The Labute approximate surface area is 119 Å². The molecule has 1 amide bonds. The number of amides is 1. The highest BCUT2D eigenvalue weighted by atomic mass is 16.1. The average Bonchev–Trinajstić information content (AvgIpc) is 2.78. The maximum Gasteiger partial charge on any atom is 0.217 e. The van der Waals surface area contributed by atoms with Crippen LogP contribution in [-0.4, -0.2) is 19.0 Å². The van der Waals surface area contributed by atoms with Gasteiger partial charge in [-0.05, 0) is 11.1 Å². The molecule has 3 N–H and O–H groups in total. The fourth-order valence-corrected chi connectivity index (χ4v) is 2.95. The van der Waals surface area contributed by atoms with Crippen molar-refractivity contribution in [3.05, 3.63) is 59.7 Å². The van der Waals surface area contributed by atoms with Gasteiger partial charge in [0.05, 0.1) is 13.1 Å². The van der Waals surface area contributed by atoms with Crippen LogP contribution in [0.2, 0.25) is 0 Å². The Morgan fingerprint density at radius 2 is 1.60 bits per heavy atom. The fraction of sp³-hybridized carbons (Fsp3) is 0.235. The van der Waals surface area contributed by atoms with Gasteiger partial charge in [0.2, 0.25) is 5.91 Å². The van der Waals surface area contributed by atoms with Crippen molar-refractivity contribution >= 4 is 5.91 Å². The number of nitrogens with one attached hydrogen (secondary N) is 1. The van der Waals surface area contributed by atoms with E-state index in [2.05, 4.69) is 59.2 Å². The summed E-state index contributed by atoms with van der Waals surface area (Å²) in [6, 6.07) is 17.5. The molecule has 0 radical (unpaired) electrons. The lowest BCUT2D eigenvalue weighted by atomic mass is 10.1. The van der Waals surface area contributed by atoms with Crippen molar-refractivity contribution in [1.82, 2.24) is 5.32 Å². The van der Waals surface area contributed by atoms with Crippen LogP contribution in [0.3, 0.4) is 0 Å². The minimum absolute atomic E-state index is 0.0330. The van der Waals surface area contributed by atoms with Crippen molar-refractivity contribution in [1.29, 1.82) is 0 Å². The molecule has 0 atom stereocenters. The second kappa shape index (κ2) is 5.47. The highest BCUT2D eigenvalue weighted by Gasteiger charge is 2.30. The normalized spacial score (nSPS) is 12.8. The summed E-state index contributed by atoms with van der Waals surface area (Å²) in [7, 11) is 0. The molecule has 0 spiro atoms. The molecular weight excluding hydrogens is 248 g/mol. The lowest BCUT2D eigenvalue weighted by Gasteiger charge is -2.12. The smallest absolute Gasteiger partial charge is 0.217 e. The number of carbonyl (C=O) groups is 1. The SMILES string of the molecule is CC(=O)NCC[NH2+]C1c2ccccc2-c2ccccc21. The van der Waals surface area contributed by atoms with E-state index in [1.807, 2.05) is 0 Å². The molecule has 0 saturated heterocycles. The van der Waals surface area contributed by atoms with E-state index in [4.69, 9.17) is 0 Å². The van der Waals surface area contributed by atoms with E-state index >= 15 is 0 Å². The molecule has 2 aromatic rings. The summed E-state index contributed by atoms with van der Waals surface area (Å²) < 4.78 is 0. The predicted octanol–water partition coefficient (Wildman–Crippen LogP) is 1.46. The van der Waals surface area contributed by atoms with Gasteiger partial charge in [-0.15, -0.1) is 0 Å². The molecule has 0 heterocycles. The number of rotatable bonds is 4. The molecule has 0 fully saturated rings. The van der Waals surface area contributed by atoms with Crippen LogP contribution in [0, 0.1) is 0 Å². The van der Waals surface area contributed by atoms with E-state index in [-0.39, 0.29) is 5.91 Å². The minimum atomic E-state index is 0.0330.